The van der Waals surface area contributed by atoms with E-state index in [-0.39, 0.29) is 17.9 Å². The molecule has 5 rings (SSSR count). The van der Waals surface area contributed by atoms with Crippen molar-refractivity contribution in [1.29, 1.82) is 0 Å². The number of rotatable bonds is 0. The molecule has 1 spiro atoms. The number of oxazole rings is 1. The number of fused-ring (bicyclic) bond motifs is 5. The minimum absolute atomic E-state index is 0.0578. The van der Waals surface area contributed by atoms with E-state index in [1.165, 1.54) is 4.57 Å². The van der Waals surface area contributed by atoms with Crippen LogP contribution in [0.4, 0.5) is 5.69 Å². The van der Waals surface area contributed by atoms with Gasteiger partial charge >= 0.3 is 5.76 Å². The third-order valence-electron chi connectivity index (χ3n) is 5.23. The third kappa shape index (κ3) is 1.42. The van der Waals surface area contributed by atoms with Crippen molar-refractivity contribution in [2.24, 2.45) is 13.0 Å². The average molecular weight is 310 g/mol. The highest BCUT2D eigenvalue weighted by Gasteiger charge is 2.58. The molecule has 1 amide bonds. The van der Waals surface area contributed by atoms with Crippen LogP contribution in [0, 0.1) is 5.92 Å². The highest BCUT2D eigenvalue weighted by atomic mass is 16.5. The topological polar surface area (TPSA) is 73.5 Å². The van der Waals surface area contributed by atoms with E-state index in [1.54, 1.807) is 7.05 Å². The predicted octanol–water partition coefficient (Wildman–Crippen LogP) is -0.542. The first-order chi connectivity index (χ1) is 11.1. The number of para-hydroxylation sites is 1. The normalized spacial score (nSPS) is 30.2. The van der Waals surface area contributed by atoms with Crippen LogP contribution in [0.3, 0.4) is 0 Å². The van der Waals surface area contributed by atoms with Crippen LogP contribution < -0.4 is 21.8 Å². The zero-order valence-corrected chi connectivity index (χ0v) is 12.4. The molecular formula is C17H14N2O4. The lowest BCUT2D eigenvalue weighted by atomic mass is 9.70. The number of hydrogen-bond acceptors (Lipinski definition) is 4. The number of carbonyl (C=O) groups excluding carboxylic acids is 1. The van der Waals surface area contributed by atoms with Crippen molar-refractivity contribution >= 4 is 23.7 Å². The first kappa shape index (κ1) is 12.9. The number of nitrogens with zero attached hydrogens (tertiary/aromatic N) is 1. The maximum atomic E-state index is 12.8. The molecule has 1 saturated heterocycles. The van der Waals surface area contributed by atoms with E-state index in [4.69, 9.17) is 9.15 Å². The number of anilines is 1. The standard InChI is InChI=1S/C17H14N2O4/c1-19-12-7-13-10(6-14(12)23-16(19)21)17(8-22-13)9-4-2-3-5-11(9)18-15(17)20/h2-7,10,13H,8H2,1H3,(H,18,20). The molecule has 23 heavy (non-hydrogen) atoms. The van der Waals surface area contributed by atoms with E-state index in [9.17, 15) is 9.59 Å². The van der Waals surface area contributed by atoms with Crippen molar-refractivity contribution in [2.45, 2.75) is 11.5 Å². The molecule has 3 heterocycles. The lowest BCUT2D eigenvalue weighted by molar-refractivity contribution is -0.121. The minimum atomic E-state index is -0.760. The van der Waals surface area contributed by atoms with Crippen molar-refractivity contribution in [3.05, 3.63) is 51.1 Å². The van der Waals surface area contributed by atoms with Gasteiger partial charge in [-0.3, -0.25) is 9.36 Å². The smallest absolute Gasteiger partial charge is 0.408 e. The van der Waals surface area contributed by atoms with E-state index in [1.807, 2.05) is 36.4 Å². The molecule has 6 heteroatoms. The third-order valence-corrected chi connectivity index (χ3v) is 5.23. The van der Waals surface area contributed by atoms with Crippen LogP contribution in [0.1, 0.15) is 5.56 Å². The summed E-state index contributed by atoms with van der Waals surface area (Å²) < 4.78 is 12.7. The van der Waals surface area contributed by atoms with Gasteiger partial charge in [0.1, 0.15) is 5.41 Å². The van der Waals surface area contributed by atoms with E-state index in [0.29, 0.717) is 17.4 Å². The fraction of sp³-hybridized carbons (Fsp3) is 0.294. The Balaban J connectivity index is 1.77. The van der Waals surface area contributed by atoms with E-state index >= 15 is 0 Å². The Labute approximate surface area is 130 Å². The Morgan fingerprint density at radius 1 is 1.26 bits per heavy atom. The zero-order chi connectivity index (χ0) is 15.8. The highest BCUT2D eigenvalue weighted by molar-refractivity contribution is 6.07. The number of ether oxygens (including phenoxy) is 1. The summed E-state index contributed by atoms with van der Waals surface area (Å²) >= 11 is 0. The molecule has 116 valence electrons. The van der Waals surface area contributed by atoms with Crippen LogP contribution in [-0.4, -0.2) is 23.2 Å². The van der Waals surface area contributed by atoms with Gasteiger partial charge in [0, 0.05) is 18.7 Å². The van der Waals surface area contributed by atoms with E-state index in [0.717, 1.165) is 11.3 Å². The molecule has 1 aromatic carbocycles. The quantitative estimate of drug-likeness (QED) is 0.709. The minimum Gasteiger partial charge on any atom is -0.408 e. The van der Waals surface area contributed by atoms with Gasteiger partial charge < -0.3 is 14.5 Å². The van der Waals surface area contributed by atoms with Gasteiger partial charge in [-0.05, 0) is 23.8 Å². The first-order valence-electron chi connectivity index (χ1n) is 7.53. The van der Waals surface area contributed by atoms with Gasteiger partial charge in [0.25, 0.3) is 0 Å². The second-order valence-corrected chi connectivity index (χ2v) is 6.28. The maximum Gasteiger partial charge on any atom is 0.419 e. The van der Waals surface area contributed by atoms with Gasteiger partial charge in [-0.2, -0.15) is 0 Å². The Hall–Kier alpha value is -2.60. The monoisotopic (exact) mass is 310 g/mol. The van der Waals surface area contributed by atoms with Crippen molar-refractivity contribution in [2.75, 3.05) is 11.9 Å². The zero-order valence-electron chi connectivity index (χ0n) is 12.4. The molecule has 0 bridgehead atoms. The number of hydrogen-bond donors (Lipinski definition) is 1. The van der Waals surface area contributed by atoms with Gasteiger partial charge in [0.2, 0.25) is 5.91 Å². The number of aromatic nitrogens is 1. The summed E-state index contributed by atoms with van der Waals surface area (Å²) in [7, 11) is 1.66. The molecular weight excluding hydrogens is 296 g/mol. The highest BCUT2D eigenvalue weighted by Crippen LogP contribution is 2.50. The lowest BCUT2D eigenvalue weighted by Gasteiger charge is -2.27. The molecule has 2 aromatic rings. The molecule has 3 atom stereocenters. The largest absolute Gasteiger partial charge is 0.419 e. The fourth-order valence-corrected chi connectivity index (χ4v) is 4.02. The summed E-state index contributed by atoms with van der Waals surface area (Å²) in [6.45, 7) is 0.316. The van der Waals surface area contributed by atoms with Crippen molar-refractivity contribution < 1.29 is 13.9 Å². The molecule has 2 aliphatic heterocycles. The summed E-state index contributed by atoms with van der Waals surface area (Å²) in [5.41, 5.74) is 1.53. The summed E-state index contributed by atoms with van der Waals surface area (Å²) in [6, 6.07) is 7.69. The van der Waals surface area contributed by atoms with Gasteiger partial charge in [0.15, 0.2) is 5.42 Å². The summed E-state index contributed by atoms with van der Waals surface area (Å²) in [5.74, 6) is -0.658. The van der Waals surface area contributed by atoms with Crippen LogP contribution in [0.15, 0.2) is 33.5 Å². The summed E-state index contributed by atoms with van der Waals surface area (Å²) in [6.07, 6.45) is 3.51. The summed E-state index contributed by atoms with van der Waals surface area (Å²) in [4.78, 5) is 24.5. The van der Waals surface area contributed by atoms with Crippen molar-refractivity contribution in [1.82, 2.24) is 4.57 Å². The second kappa shape index (κ2) is 4.02. The molecule has 3 unspecified atom stereocenters. The Morgan fingerprint density at radius 2 is 2.09 bits per heavy atom. The van der Waals surface area contributed by atoms with E-state index in [2.05, 4.69) is 5.32 Å². The molecule has 1 aliphatic carbocycles. The molecule has 1 fully saturated rings. The number of benzene rings is 1. The molecule has 1 aromatic heterocycles. The van der Waals surface area contributed by atoms with Crippen LogP contribution in [0.25, 0.3) is 12.2 Å². The Bertz CT molecular complexity index is 1030. The molecule has 6 nitrogen and oxygen atoms in total. The molecule has 0 radical (unpaired) electrons. The number of carbonyl (C=O) groups is 1. The Kier molecular flexibility index (Phi) is 2.26. The fourth-order valence-electron chi connectivity index (χ4n) is 4.02. The van der Waals surface area contributed by atoms with Crippen LogP contribution >= 0.6 is 0 Å². The van der Waals surface area contributed by atoms with Gasteiger partial charge in [-0.1, -0.05) is 18.2 Å². The van der Waals surface area contributed by atoms with Crippen LogP contribution in [0.2, 0.25) is 0 Å². The number of nitrogens with one attached hydrogen (secondary N) is 1. The van der Waals surface area contributed by atoms with Crippen LogP contribution in [0.5, 0.6) is 0 Å². The average Bonchev–Trinajstić information content (AvgIpc) is 3.15. The molecule has 0 saturated carbocycles. The molecule has 3 aliphatic rings. The SMILES string of the molecule is Cn1c(=O)oc2c1=CC1OCC3(C(=O)Nc4ccccc43)C1C=2. The van der Waals surface area contributed by atoms with Crippen molar-refractivity contribution in [3.8, 4) is 0 Å². The first-order valence-corrected chi connectivity index (χ1v) is 7.53. The summed E-state index contributed by atoms with van der Waals surface area (Å²) in [5, 5.41) is 3.66. The maximum absolute atomic E-state index is 12.8. The van der Waals surface area contributed by atoms with Crippen LogP contribution in [-0.2, 0) is 22.0 Å². The molecule has 1 N–H and O–H groups in total. The van der Waals surface area contributed by atoms with Crippen molar-refractivity contribution in [3.63, 3.8) is 0 Å². The van der Waals surface area contributed by atoms with E-state index < -0.39 is 11.2 Å². The predicted molar refractivity (Wildman–Crippen MR) is 82.1 cm³/mol. The van der Waals surface area contributed by atoms with Gasteiger partial charge in [-0.25, -0.2) is 4.79 Å². The second-order valence-electron chi connectivity index (χ2n) is 6.28. The Morgan fingerprint density at radius 3 is 2.96 bits per heavy atom. The number of amides is 1. The van der Waals surface area contributed by atoms with Gasteiger partial charge in [-0.15, -0.1) is 0 Å². The van der Waals surface area contributed by atoms with Gasteiger partial charge in [0.05, 0.1) is 18.1 Å². The lowest BCUT2D eigenvalue weighted by Crippen LogP contribution is -2.45.